The second kappa shape index (κ2) is 9.06. The first-order valence-electron chi connectivity index (χ1n) is 8.05. The van der Waals surface area contributed by atoms with E-state index in [4.69, 9.17) is 21.1 Å². The molecule has 2 aromatic rings. The van der Waals surface area contributed by atoms with E-state index in [0.717, 1.165) is 0 Å². The number of ketones is 1. The fourth-order valence-corrected chi connectivity index (χ4v) is 2.69. The van der Waals surface area contributed by atoms with Gasteiger partial charge in [-0.25, -0.2) is 0 Å². The van der Waals surface area contributed by atoms with Gasteiger partial charge in [0, 0.05) is 11.6 Å². The highest BCUT2D eigenvalue weighted by Gasteiger charge is 2.11. The van der Waals surface area contributed by atoms with Gasteiger partial charge >= 0.3 is 0 Å². The molecule has 0 radical (unpaired) electrons. The number of para-hydroxylation sites is 1. The highest BCUT2D eigenvalue weighted by molar-refractivity contribution is 6.32. The summed E-state index contributed by atoms with van der Waals surface area (Å²) in [7, 11) is 1.51. The van der Waals surface area contributed by atoms with Gasteiger partial charge in [-0.2, -0.15) is 0 Å². The van der Waals surface area contributed by atoms with E-state index in [0.29, 0.717) is 39.9 Å². The summed E-state index contributed by atoms with van der Waals surface area (Å²) in [5.74, 6) is 0.478. The van der Waals surface area contributed by atoms with Crippen LogP contribution in [-0.4, -0.2) is 25.4 Å². The lowest BCUT2D eigenvalue weighted by atomic mass is 10.1. The van der Waals surface area contributed by atoms with Crippen molar-refractivity contribution in [2.45, 2.75) is 13.8 Å². The van der Waals surface area contributed by atoms with Crippen LogP contribution in [0.1, 0.15) is 29.8 Å². The SMILES string of the molecule is CCOc1cc(/C=C/C(=O)Nc2ccccc2C(C)=O)cc(Cl)c1OC. The fraction of sp³-hybridized carbons (Fsp3) is 0.200. The van der Waals surface area contributed by atoms with E-state index in [2.05, 4.69) is 5.32 Å². The number of halogens is 1. The number of carbonyl (C=O) groups excluding carboxylic acids is 2. The van der Waals surface area contributed by atoms with Gasteiger partial charge < -0.3 is 14.8 Å². The maximum atomic E-state index is 12.2. The molecule has 0 spiro atoms. The Labute approximate surface area is 157 Å². The second-order valence-corrected chi connectivity index (χ2v) is 5.80. The van der Waals surface area contributed by atoms with Crippen LogP contribution in [0.5, 0.6) is 11.5 Å². The number of anilines is 1. The molecule has 2 aromatic carbocycles. The van der Waals surface area contributed by atoms with Gasteiger partial charge in [-0.3, -0.25) is 9.59 Å². The largest absolute Gasteiger partial charge is 0.491 e. The summed E-state index contributed by atoms with van der Waals surface area (Å²) < 4.78 is 10.7. The number of hydrogen-bond donors (Lipinski definition) is 1. The number of nitrogens with one attached hydrogen (secondary N) is 1. The number of hydrogen-bond acceptors (Lipinski definition) is 4. The average molecular weight is 374 g/mol. The maximum absolute atomic E-state index is 12.2. The van der Waals surface area contributed by atoms with Crippen LogP contribution in [0.2, 0.25) is 5.02 Å². The number of Topliss-reactive ketones (excluding diaryl/α,β-unsaturated/α-hetero) is 1. The Bertz CT molecular complexity index is 846. The molecule has 0 fully saturated rings. The number of ether oxygens (including phenoxy) is 2. The van der Waals surface area contributed by atoms with Crippen molar-refractivity contribution in [2.75, 3.05) is 19.0 Å². The van der Waals surface area contributed by atoms with Crippen LogP contribution in [0.3, 0.4) is 0 Å². The molecule has 0 aliphatic heterocycles. The highest BCUT2D eigenvalue weighted by atomic mass is 35.5. The van der Waals surface area contributed by atoms with Crippen LogP contribution in [0.15, 0.2) is 42.5 Å². The molecular formula is C20H20ClNO4. The number of carbonyl (C=O) groups is 2. The minimum atomic E-state index is -0.358. The molecule has 136 valence electrons. The Morgan fingerprint density at radius 3 is 2.62 bits per heavy atom. The van der Waals surface area contributed by atoms with E-state index in [1.807, 2.05) is 6.92 Å². The Balaban J connectivity index is 2.19. The Kier molecular flexibility index (Phi) is 6.81. The number of methoxy groups -OCH3 is 1. The molecular weight excluding hydrogens is 354 g/mol. The van der Waals surface area contributed by atoms with Crippen molar-refractivity contribution in [1.29, 1.82) is 0 Å². The third-order valence-corrected chi connectivity index (χ3v) is 3.81. The molecule has 0 saturated heterocycles. The van der Waals surface area contributed by atoms with Gasteiger partial charge in [-0.1, -0.05) is 23.7 Å². The van der Waals surface area contributed by atoms with Gasteiger partial charge in [0.1, 0.15) is 0 Å². The second-order valence-electron chi connectivity index (χ2n) is 5.39. The summed E-state index contributed by atoms with van der Waals surface area (Å²) in [5.41, 5.74) is 1.62. The molecule has 2 rings (SSSR count). The van der Waals surface area contributed by atoms with Gasteiger partial charge in [0.25, 0.3) is 0 Å². The standard InChI is InChI=1S/C20H20ClNO4/c1-4-26-18-12-14(11-16(21)20(18)25-3)9-10-19(24)22-17-8-6-5-7-15(17)13(2)23/h5-12H,4H2,1-3H3,(H,22,24)/b10-9+. The van der Waals surface area contributed by atoms with Gasteiger partial charge in [-0.05, 0) is 49.8 Å². The van der Waals surface area contributed by atoms with Crippen molar-refractivity contribution in [3.05, 3.63) is 58.6 Å². The molecule has 5 nitrogen and oxygen atoms in total. The van der Waals surface area contributed by atoms with Crippen molar-refractivity contribution in [3.63, 3.8) is 0 Å². The van der Waals surface area contributed by atoms with Crippen molar-refractivity contribution >= 4 is 35.1 Å². The Hall–Kier alpha value is -2.79. The normalized spacial score (nSPS) is 10.6. The predicted octanol–water partition coefficient (Wildman–Crippen LogP) is 4.60. The van der Waals surface area contributed by atoms with Gasteiger partial charge in [0.2, 0.25) is 5.91 Å². The number of rotatable bonds is 7. The van der Waals surface area contributed by atoms with Crippen molar-refractivity contribution in [2.24, 2.45) is 0 Å². The summed E-state index contributed by atoms with van der Waals surface area (Å²) in [4.78, 5) is 23.8. The lowest BCUT2D eigenvalue weighted by Crippen LogP contribution is -2.11. The number of amides is 1. The molecule has 0 aliphatic rings. The lowest BCUT2D eigenvalue weighted by Gasteiger charge is -2.11. The fourth-order valence-electron chi connectivity index (χ4n) is 2.39. The van der Waals surface area contributed by atoms with Gasteiger partial charge in [0.15, 0.2) is 17.3 Å². The summed E-state index contributed by atoms with van der Waals surface area (Å²) in [6, 6.07) is 10.3. The smallest absolute Gasteiger partial charge is 0.248 e. The summed E-state index contributed by atoms with van der Waals surface area (Å²) in [6.07, 6.45) is 2.98. The maximum Gasteiger partial charge on any atom is 0.248 e. The minimum Gasteiger partial charge on any atom is -0.491 e. The molecule has 6 heteroatoms. The zero-order valence-electron chi connectivity index (χ0n) is 14.8. The van der Waals surface area contributed by atoms with Crippen LogP contribution < -0.4 is 14.8 Å². The third kappa shape index (κ3) is 4.86. The molecule has 1 amide bonds. The van der Waals surface area contributed by atoms with E-state index < -0.39 is 0 Å². The molecule has 1 N–H and O–H groups in total. The van der Waals surface area contributed by atoms with Crippen LogP contribution in [0.25, 0.3) is 6.08 Å². The molecule has 0 atom stereocenters. The molecule has 0 saturated carbocycles. The van der Waals surface area contributed by atoms with E-state index in [1.165, 1.54) is 20.1 Å². The monoisotopic (exact) mass is 373 g/mol. The van der Waals surface area contributed by atoms with Gasteiger partial charge in [0.05, 0.1) is 24.4 Å². The molecule has 0 unspecified atom stereocenters. The molecule has 0 aromatic heterocycles. The third-order valence-electron chi connectivity index (χ3n) is 3.53. The van der Waals surface area contributed by atoms with Crippen LogP contribution in [-0.2, 0) is 4.79 Å². The molecule has 26 heavy (non-hydrogen) atoms. The zero-order chi connectivity index (χ0) is 19.1. The van der Waals surface area contributed by atoms with Crippen molar-refractivity contribution in [1.82, 2.24) is 0 Å². The first-order valence-corrected chi connectivity index (χ1v) is 8.43. The lowest BCUT2D eigenvalue weighted by molar-refractivity contribution is -0.111. The number of benzene rings is 2. The molecule has 0 heterocycles. The highest BCUT2D eigenvalue weighted by Crippen LogP contribution is 2.36. The molecule has 0 aliphatic carbocycles. The summed E-state index contributed by atoms with van der Waals surface area (Å²) in [5, 5.41) is 3.09. The average Bonchev–Trinajstić information content (AvgIpc) is 2.60. The quantitative estimate of drug-likeness (QED) is 0.569. The zero-order valence-corrected chi connectivity index (χ0v) is 15.6. The van der Waals surface area contributed by atoms with Crippen LogP contribution >= 0.6 is 11.6 Å². The predicted molar refractivity (Wildman–Crippen MR) is 103 cm³/mol. The minimum absolute atomic E-state index is 0.117. The topological polar surface area (TPSA) is 64.6 Å². The van der Waals surface area contributed by atoms with Crippen LogP contribution in [0.4, 0.5) is 5.69 Å². The van der Waals surface area contributed by atoms with Crippen LogP contribution in [0, 0.1) is 0 Å². The van der Waals surface area contributed by atoms with Gasteiger partial charge in [-0.15, -0.1) is 0 Å². The van der Waals surface area contributed by atoms with E-state index in [-0.39, 0.29) is 11.7 Å². The first-order chi connectivity index (χ1) is 12.5. The Morgan fingerprint density at radius 2 is 1.96 bits per heavy atom. The summed E-state index contributed by atoms with van der Waals surface area (Å²) in [6.45, 7) is 3.77. The van der Waals surface area contributed by atoms with E-state index in [1.54, 1.807) is 42.5 Å². The van der Waals surface area contributed by atoms with E-state index in [9.17, 15) is 9.59 Å². The van der Waals surface area contributed by atoms with Crippen molar-refractivity contribution < 1.29 is 19.1 Å². The van der Waals surface area contributed by atoms with E-state index >= 15 is 0 Å². The first kappa shape index (κ1) is 19.5. The van der Waals surface area contributed by atoms with Crippen molar-refractivity contribution in [3.8, 4) is 11.5 Å². The molecule has 0 bridgehead atoms. The Morgan fingerprint density at radius 1 is 1.23 bits per heavy atom. The summed E-state index contributed by atoms with van der Waals surface area (Å²) >= 11 is 6.19.